The third-order valence-electron chi connectivity index (χ3n) is 3.07. The SMILES string of the molecule is COC(=O)N1CCCN(C(=O)c2cc(Br)c(Br)s2)CC1. The Labute approximate surface area is 138 Å². The third-order valence-corrected chi connectivity index (χ3v) is 6.32. The monoisotopic (exact) mass is 424 g/mol. The molecule has 1 aliphatic heterocycles. The fourth-order valence-corrected chi connectivity index (χ4v) is 4.04. The Morgan fingerprint density at radius 3 is 2.45 bits per heavy atom. The second kappa shape index (κ2) is 6.91. The molecule has 2 heterocycles. The van der Waals surface area contributed by atoms with Crippen LogP contribution in [0, 0.1) is 0 Å². The third kappa shape index (κ3) is 3.53. The Balaban J connectivity index is 2.03. The van der Waals surface area contributed by atoms with E-state index in [1.807, 2.05) is 6.07 Å². The molecule has 1 aromatic heterocycles. The van der Waals surface area contributed by atoms with E-state index in [4.69, 9.17) is 4.74 Å². The van der Waals surface area contributed by atoms with Gasteiger partial charge in [0.15, 0.2) is 0 Å². The lowest BCUT2D eigenvalue weighted by atomic mass is 10.3. The van der Waals surface area contributed by atoms with Crippen LogP contribution in [0.5, 0.6) is 0 Å². The first-order valence-electron chi connectivity index (χ1n) is 6.10. The fourth-order valence-electron chi connectivity index (χ4n) is 2.04. The average Bonchev–Trinajstić information content (AvgIpc) is 2.67. The van der Waals surface area contributed by atoms with Gasteiger partial charge in [0.2, 0.25) is 0 Å². The zero-order valence-corrected chi connectivity index (χ0v) is 14.9. The Morgan fingerprint density at radius 2 is 1.85 bits per heavy atom. The highest BCUT2D eigenvalue weighted by Gasteiger charge is 2.24. The van der Waals surface area contributed by atoms with E-state index in [2.05, 4.69) is 31.9 Å². The van der Waals surface area contributed by atoms with Gasteiger partial charge in [-0.15, -0.1) is 11.3 Å². The zero-order valence-electron chi connectivity index (χ0n) is 10.9. The molecule has 0 N–H and O–H groups in total. The molecule has 0 unspecified atom stereocenters. The first kappa shape index (κ1) is 15.8. The number of amides is 2. The highest BCUT2D eigenvalue weighted by molar-refractivity contribution is 9.13. The van der Waals surface area contributed by atoms with Gasteiger partial charge in [0, 0.05) is 30.7 Å². The largest absolute Gasteiger partial charge is 0.453 e. The van der Waals surface area contributed by atoms with Crippen LogP contribution in [0.2, 0.25) is 0 Å². The van der Waals surface area contributed by atoms with E-state index < -0.39 is 0 Å². The molecule has 110 valence electrons. The summed E-state index contributed by atoms with van der Waals surface area (Å²) < 4.78 is 6.51. The van der Waals surface area contributed by atoms with E-state index in [-0.39, 0.29) is 12.0 Å². The molecule has 5 nitrogen and oxygen atoms in total. The molecule has 0 aromatic carbocycles. The lowest BCUT2D eigenvalue weighted by molar-refractivity contribution is 0.0762. The van der Waals surface area contributed by atoms with Crippen molar-refractivity contribution in [1.29, 1.82) is 0 Å². The summed E-state index contributed by atoms with van der Waals surface area (Å²) in [5.41, 5.74) is 0. The van der Waals surface area contributed by atoms with E-state index in [0.29, 0.717) is 31.1 Å². The van der Waals surface area contributed by atoms with Gasteiger partial charge in [-0.1, -0.05) is 0 Å². The van der Waals surface area contributed by atoms with Crippen LogP contribution < -0.4 is 0 Å². The van der Waals surface area contributed by atoms with Gasteiger partial charge in [-0.05, 0) is 44.3 Å². The fraction of sp³-hybridized carbons (Fsp3) is 0.500. The minimum atomic E-state index is -0.332. The van der Waals surface area contributed by atoms with Gasteiger partial charge >= 0.3 is 6.09 Å². The molecule has 0 bridgehead atoms. The van der Waals surface area contributed by atoms with Crippen LogP contribution in [0.15, 0.2) is 14.3 Å². The Morgan fingerprint density at radius 1 is 1.20 bits per heavy atom. The highest BCUT2D eigenvalue weighted by Crippen LogP contribution is 2.33. The van der Waals surface area contributed by atoms with Crippen LogP contribution in [0.4, 0.5) is 4.79 Å². The Bertz CT molecular complexity index is 501. The van der Waals surface area contributed by atoms with Crippen LogP contribution in [0.1, 0.15) is 16.1 Å². The van der Waals surface area contributed by atoms with Crippen molar-refractivity contribution in [3.05, 3.63) is 19.2 Å². The average molecular weight is 426 g/mol. The van der Waals surface area contributed by atoms with Crippen molar-refractivity contribution in [2.75, 3.05) is 33.3 Å². The number of methoxy groups -OCH3 is 1. The van der Waals surface area contributed by atoms with E-state index in [1.54, 1.807) is 9.80 Å². The van der Waals surface area contributed by atoms with E-state index in [0.717, 1.165) is 14.7 Å². The topological polar surface area (TPSA) is 49.9 Å². The minimum Gasteiger partial charge on any atom is -0.453 e. The molecule has 1 aromatic rings. The molecular formula is C12H14Br2N2O3S. The maximum Gasteiger partial charge on any atom is 0.409 e. The number of carbonyl (C=O) groups excluding carboxylic acids is 2. The van der Waals surface area contributed by atoms with Crippen LogP contribution in [0.25, 0.3) is 0 Å². The molecule has 1 saturated heterocycles. The van der Waals surface area contributed by atoms with Gasteiger partial charge in [-0.3, -0.25) is 4.79 Å². The summed E-state index contributed by atoms with van der Waals surface area (Å²) in [5, 5.41) is 0. The molecule has 1 fully saturated rings. The number of nitrogens with zero attached hydrogens (tertiary/aromatic N) is 2. The molecule has 2 amide bonds. The highest BCUT2D eigenvalue weighted by atomic mass is 79.9. The van der Waals surface area contributed by atoms with Crippen molar-refractivity contribution < 1.29 is 14.3 Å². The smallest absolute Gasteiger partial charge is 0.409 e. The number of thiophene rings is 1. The van der Waals surface area contributed by atoms with E-state index in [9.17, 15) is 9.59 Å². The van der Waals surface area contributed by atoms with E-state index in [1.165, 1.54) is 18.4 Å². The maximum atomic E-state index is 12.4. The molecule has 8 heteroatoms. The molecule has 0 aliphatic carbocycles. The number of rotatable bonds is 1. The van der Waals surface area contributed by atoms with Crippen molar-refractivity contribution >= 4 is 55.2 Å². The molecule has 0 atom stereocenters. The second-order valence-corrected chi connectivity index (χ2v) is 7.56. The molecule has 20 heavy (non-hydrogen) atoms. The Hall–Kier alpha value is -0.600. The second-order valence-electron chi connectivity index (χ2n) is 4.34. The van der Waals surface area contributed by atoms with Gasteiger partial charge in [-0.25, -0.2) is 4.79 Å². The molecular weight excluding hydrogens is 412 g/mol. The van der Waals surface area contributed by atoms with Crippen LogP contribution in [-0.4, -0.2) is 55.1 Å². The van der Waals surface area contributed by atoms with Crippen LogP contribution in [-0.2, 0) is 4.74 Å². The summed E-state index contributed by atoms with van der Waals surface area (Å²) in [4.78, 5) is 28.0. The quantitative estimate of drug-likeness (QED) is 0.694. The predicted octanol–water partition coefficient (Wildman–Crippen LogP) is 3.19. The normalized spacial score (nSPS) is 15.9. The number of hydrogen-bond donors (Lipinski definition) is 0. The lowest BCUT2D eigenvalue weighted by Gasteiger charge is -2.20. The molecule has 0 saturated carbocycles. The first-order chi connectivity index (χ1) is 9.52. The summed E-state index contributed by atoms with van der Waals surface area (Å²) in [6, 6.07) is 1.82. The standard InChI is InChI=1S/C12H14Br2N2O3S/c1-19-12(18)16-4-2-3-15(5-6-16)11(17)9-7-8(13)10(14)20-9/h7H,2-6H2,1H3. The van der Waals surface area contributed by atoms with Gasteiger partial charge in [0.1, 0.15) is 0 Å². The van der Waals surface area contributed by atoms with E-state index >= 15 is 0 Å². The zero-order chi connectivity index (χ0) is 14.7. The lowest BCUT2D eigenvalue weighted by Crippen LogP contribution is -2.37. The molecule has 0 spiro atoms. The van der Waals surface area contributed by atoms with Gasteiger partial charge in [-0.2, -0.15) is 0 Å². The number of halogens is 2. The van der Waals surface area contributed by atoms with Gasteiger partial charge in [0.05, 0.1) is 15.8 Å². The van der Waals surface area contributed by atoms with Crippen molar-refractivity contribution in [3.8, 4) is 0 Å². The summed E-state index contributed by atoms with van der Waals surface area (Å²) >= 11 is 8.19. The van der Waals surface area contributed by atoms with Crippen molar-refractivity contribution in [2.45, 2.75) is 6.42 Å². The molecule has 0 radical (unpaired) electrons. The number of ether oxygens (including phenoxy) is 1. The summed E-state index contributed by atoms with van der Waals surface area (Å²) in [7, 11) is 1.37. The maximum absolute atomic E-state index is 12.4. The van der Waals surface area contributed by atoms with Crippen molar-refractivity contribution in [1.82, 2.24) is 9.80 Å². The summed E-state index contributed by atoms with van der Waals surface area (Å²) in [6.45, 7) is 2.31. The minimum absolute atomic E-state index is 0.00751. The van der Waals surface area contributed by atoms with Crippen molar-refractivity contribution in [2.24, 2.45) is 0 Å². The Kier molecular flexibility index (Phi) is 5.45. The van der Waals surface area contributed by atoms with Crippen LogP contribution in [0.3, 0.4) is 0 Å². The first-order valence-corrected chi connectivity index (χ1v) is 8.50. The summed E-state index contributed by atoms with van der Waals surface area (Å²) in [6.07, 6.45) is 0.426. The van der Waals surface area contributed by atoms with Gasteiger partial charge < -0.3 is 14.5 Å². The van der Waals surface area contributed by atoms with Gasteiger partial charge in [0.25, 0.3) is 5.91 Å². The van der Waals surface area contributed by atoms with Crippen LogP contribution >= 0.6 is 43.2 Å². The molecule has 2 rings (SSSR count). The molecule has 1 aliphatic rings. The summed E-state index contributed by atoms with van der Waals surface area (Å²) in [5.74, 6) is 0.00751. The number of carbonyl (C=O) groups is 2. The van der Waals surface area contributed by atoms with Crippen molar-refractivity contribution in [3.63, 3.8) is 0 Å². The number of hydrogen-bond acceptors (Lipinski definition) is 4. The predicted molar refractivity (Wildman–Crippen MR) is 84.2 cm³/mol.